The lowest BCUT2D eigenvalue weighted by Gasteiger charge is -2.35. The second kappa shape index (κ2) is 8.18. The number of nitrogens with one attached hydrogen (secondary N) is 2. The van der Waals surface area contributed by atoms with Gasteiger partial charge in [-0.2, -0.15) is 0 Å². The highest BCUT2D eigenvalue weighted by atomic mass is 35.5. The van der Waals surface area contributed by atoms with Gasteiger partial charge in [0.25, 0.3) is 0 Å². The quantitative estimate of drug-likeness (QED) is 0.879. The van der Waals surface area contributed by atoms with Gasteiger partial charge < -0.3 is 20.3 Å². The van der Waals surface area contributed by atoms with E-state index in [4.69, 9.17) is 16.3 Å². The minimum atomic E-state index is -0.139. The molecule has 7 heteroatoms. The second-order valence-corrected chi connectivity index (χ2v) is 6.37. The highest BCUT2D eigenvalue weighted by Gasteiger charge is 2.27. The number of pyridine rings is 1. The number of rotatable bonds is 4. The van der Waals surface area contributed by atoms with Crippen LogP contribution in [0.1, 0.15) is 5.69 Å². The van der Waals surface area contributed by atoms with E-state index in [1.807, 2.05) is 19.1 Å². The predicted molar refractivity (Wildman–Crippen MR) is 98.3 cm³/mol. The van der Waals surface area contributed by atoms with Crippen molar-refractivity contribution in [2.75, 3.05) is 31.6 Å². The molecule has 0 aliphatic carbocycles. The minimum absolute atomic E-state index is 0.0534. The summed E-state index contributed by atoms with van der Waals surface area (Å²) in [5.74, 6) is 0.703. The molecule has 1 aliphatic rings. The van der Waals surface area contributed by atoms with E-state index in [1.165, 1.54) is 0 Å². The van der Waals surface area contributed by atoms with Crippen molar-refractivity contribution in [2.45, 2.75) is 13.0 Å². The molecule has 1 aliphatic heterocycles. The van der Waals surface area contributed by atoms with E-state index in [0.29, 0.717) is 30.5 Å². The molecule has 2 amide bonds. The van der Waals surface area contributed by atoms with Crippen molar-refractivity contribution >= 4 is 23.3 Å². The maximum atomic E-state index is 12.6. The molecular weight excluding hydrogens is 340 g/mol. The summed E-state index contributed by atoms with van der Waals surface area (Å²) in [5.41, 5.74) is 1.66. The molecule has 6 nitrogen and oxygen atoms in total. The average molecular weight is 361 g/mol. The molecule has 1 atom stereocenters. The molecule has 1 unspecified atom stereocenters. The first-order valence-corrected chi connectivity index (χ1v) is 8.59. The zero-order valence-corrected chi connectivity index (χ0v) is 14.8. The molecule has 2 N–H and O–H groups in total. The number of aromatic nitrogens is 1. The van der Waals surface area contributed by atoms with Gasteiger partial charge in [0, 0.05) is 36.0 Å². The van der Waals surface area contributed by atoms with Crippen LogP contribution in [0.25, 0.3) is 0 Å². The number of piperazine rings is 1. The molecular formula is C18H21ClN4O2. The summed E-state index contributed by atoms with van der Waals surface area (Å²) in [7, 11) is 0. The zero-order chi connectivity index (χ0) is 17.6. The number of halogens is 1. The number of nitrogens with zero attached hydrogens (tertiary/aromatic N) is 2. The van der Waals surface area contributed by atoms with Crippen LogP contribution in [0.5, 0.6) is 5.75 Å². The Morgan fingerprint density at radius 1 is 1.36 bits per heavy atom. The Balaban J connectivity index is 1.60. The number of carbonyl (C=O) groups excluding carboxylic acids is 1. The maximum absolute atomic E-state index is 12.6. The Kier molecular flexibility index (Phi) is 5.73. The monoisotopic (exact) mass is 360 g/mol. The Morgan fingerprint density at radius 2 is 2.16 bits per heavy atom. The topological polar surface area (TPSA) is 66.5 Å². The summed E-state index contributed by atoms with van der Waals surface area (Å²) >= 11 is 5.88. The average Bonchev–Trinajstić information content (AvgIpc) is 2.63. The summed E-state index contributed by atoms with van der Waals surface area (Å²) in [6, 6.07) is 10.7. The molecule has 132 valence electrons. The van der Waals surface area contributed by atoms with Gasteiger partial charge in [-0.15, -0.1) is 0 Å². The summed E-state index contributed by atoms with van der Waals surface area (Å²) in [6.45, 7) is 4.41. The normalized spacial score (nSPS) is 17.2. The number of urea groups is 1. The van der Waals surface area contributed by atoms with Gasteiger partial charge in [-0.05, 0) is 43.3 Å². The van der Waals surface area contributed by atoms with Gasteiger partial charge in [0.15, 0.2) is 0 Å². The van der Waals surface area contributed by atoms with Crippen LogP contribution < -0.4 is 15.4 Å². The Hall–Kier alpha value is -2.31. The number of carbonyl (C=O) groups is 1. The molecule has 2 aromatic rings. The number of anilines is 1. The van der Waals surface area contributed by atoms with Crippen LogP contribution in [0.15, 0.2) is 42.6 Å². The summed E-state index contributed by atoms with van der Waals surface area (Å²) in [5, 5.41) is 6.85. The van der Waals surface area contributed by atoms with Crippen LogP contribution in [0.3, 0.4) is 0 Å². The predicted octanol–water partition coefficient (Wildman–Crippen LogP) is 2.93. The van der Waals surface area contributed by atoms with E-state index in [2.05, 4.69) is 15.6 Å². The molecule has 2 heterocycles. The van der Waals surface area contributed by atoms with E-state index >= 15 is 0 Å². The number of hydrogen-bond acceptors (Lipinski definition) is 4. The molecule has 0 saturated carbocycles. The van der Waals surface area contributed by atoms with Gasteiger partial charge in [-0.25, -0.2) is 4.79 Å². The fraction of sp³-hybridized carbons (Fsp3) is 0.333. The highest BCUT2D eigenvalue weighted by Crippen LogP contribution is 2.16. The third kappa shape index (κ3) is 4.84. The van der Waals surface area contributed by atoms with Gasteiger partial charge >= 0.3 is 6.03 Å². The molecule has 1 aromatic heterocycles. The molecule has 1 fully saturated rings. The summed E-state index contributed by atoms with van der Waals surface area (Å²) < 4.78 is 5.81. The first-order valence-electron chi connectivity index (χ1n) is 8.21. The van der Waals surface area contributed by atoms with Crippen LogP contribution in [0, 0.1) is 6.92 Å². The number of aryl methyl sites for hydroxylation is 1. The van der Waals surface area contributed by atoms with Crippen molar-refractivity contribution in [3.63, 3.8) is 0 Å². The summed E-state index contributed by atoms with van der Waals surface area (Å²) in [4.78, 5) is 18.6. The third-order valence-corrected chi connectivity index (χ3v) is 4.29. The zero-order valence-electron chi connectivity index (χ0n) is 14.0. The van der Waals surface area contributed by atoms with E-state index < -0.39 is 0 Å². The fourth-order valence-corrected chi connectivity index (χ4v) is 2.76. The maximum Gasteiger partial charge on any atom is 0.322 e. The van der Waals surface area contributed by atoms with Crippen molar-refractivity contribution < 1.29 is 9.53 Å². The molecule has 25 heavy (non-hydrogen) atoms. The van der Waals surface area contributed by atoms with Gasteiger partial charge in [0.2, 0.25) is 0 Å². The van der Waals surface area contributed by atoms with Crippen molar-refractivity contribution in [2.24, 2.45) is 0 Å². The lowest BCUT2D eigenvalue weighted by Crippen LogP contribution is -2.57. The first kappa shape index (κ1) is 17.5. The third-order valence-electron chi connectivity index (χ3n) is 4.03. The van der Waals surface area contributed by atoms with Gasteiger partial charge in [-0.1, -0.05) is 11.6 Å². The second-order valence-electron chi connectivity index (χ2n) is 5.93. The highest BCUT2D eigenvalue weighted by molar-refractivity contribution is 6.30. The van der Waals surface area contributed by atoms with Gasteiger partial charge in [0.1, 0.15) is 12.4 Å². The van der Waals surface area contributed by atoms with Gasteiger partial charge in [-0.3, -0.25) is 4.98 Å². The van der Waals surface area contributed by atoms with Crippen LogP contribution in [-0.4, -0.2) is 48.2 Å². The van der Waals surface area contributed by atoms with Crippen LogP contribution >= 0.6 is 11.6 Å². The summed E-state index contributed by atoms with van der Waals surface area (Å²) in [6.07, 6.45) is 1.70. The number of hydrogen-bond donors (Lipinski definition) is 2. The lowest BCUT2D eigenvalue weighted by atomic mass is 10.2. The van der Waals surface area contributed by atoms with E-state index in [-0.39, 0.29) is 12.1 Å². The lowest BCUT2D eigenvalue weighted by molar-refractivity contribution is 0.133. The van der Waals surface area contributed by atoms with Crippen molar-refractivity contribution in [1.29, 1.82) is 0 Å². The molecule has 3 rings (SSSR count). The fourth-order valence-electron chi connectivity index (χ4n) is 2.64. The number of benzene rings is 1. The van der Waals surface area contributed by atoms with E-state index in [0.717, 1.165) is 17.9 Å². The Labute approximate surface area is 152 Å². The molecule has 0 radical (unpaired) electrons. The SMILES string of the molecule is Cc1ccc(OCC2CNCCN2C(=O)Nc2ccc(Cl)cc2)cn1. The number of ether oxygens (including phenoxy) is 1. The van der Waals surface area contributed by atoms with Crippen molar-refractivity contribution in [1.82, 2.24) is 15.2 Å². The smallest absolute Gasteiger partial charge is 0.322 e. The standard InChI is InChI=1S/C18H21ClN4O2/c1-13-2-7-17(11-21-13)25-12-16-10-20-8-9-23(16)18(24)22-15-5-3-14(19)4-6-15/h2-7,11,16,20H,8-10,12H2,1H3,(H,22,24). The molecule has 0 bridgehead atoms. The number of amides is 2. The largest absolute Gasteiger partial charge is 0.490 e. The molecule has 0 spiro atoms. The van der Waals surface area contributed by atoms with Crippen LogP contribution in [0.4, 0.5) is 10.5 Å². The van der Waals surface area contributed by atoms with Crippen LogP contribution in [0.2, 0.25) is 5.02 Å². The Bertz CT molecular complexity index is 706. The minimum Gasteiger partial charge on any atom is -0.490 e. The molecule has 1 aromatic carbocycles. The first-order chi connectivity index (χ1) is 12.1. The van der Waals surface area contributed by atoms with Crippen molar-refractivity contribution in [3.05, 3.63) is 53.3 Å². The van der Waals surface area contributed by atoms with E-state index in [9.17, 15) is 4.79 Å². The Morgan fingerprint density at radius 3 is 2.88 bits per heavy atom. The van der Waals surface area contributed by atoms with Crippen LogP contribution in [-0.2, 0) is 0 Å². The van der Waals surface area contributed by atoms with Crippen molar-refractivity contribution in [3.8, 4) is 5.75 Å². The van der Waals surface area contributed by atoms with E-state index in [1.54, 1.807) is 35.4 Å². The van der Waals surface area contributed by atoms with Gasteiger partial charge in [0.05, 0.1) is 12.2 Å². The molecule has 1 saturated heterocycles.